The van der Waals surface area contributed by atoms with E-state index in [4.69, 9.17) is 0 Å². The van der Waals surface area contributed by atoms with Crippen molar-refractivity contribution in [2.75, 3.05) is 0 Å². The molecule has 0 saturated heterocycles. The van der Waals surface area contributed by atoms with Crippen molar-refractivity contribution < 1.29 is 8.42 Å². The number of nitrogens with one attached hydrogen (secondary N) is 1. The molecular weight excluding hydrogens is 282 g/mol. The summed E-state index contributed by atoms with van der Waals surface area (Å²) in [5, 5.41) is 1.82. The van der Waals surface area contributed by atoms with E-state index in [0.29, 0.717) is 10.0 Å². The third-order valence-electron chi connectivity index (χ3n) is 2.70. The summed E-state index contributed by atoms with van der Waals surface area (Å²) in [4.78, 5) is 4.18. The maximum Gasteiger partial charge on any atom is 0.250 e. The van der Waals surface area contributed by atoms with E-state index in [-0.39, 0.29) is 12.6 Å². The molecule has 0 fully saturated rings. The van der Waals surface area contributed by atoms with Gasteiger partial charge in [-0.1, -0.05) is 0 Å². The largest absolute Gasteiger partial charge is 0.331 e. The van der Waals surface area contributed by atoms with E-state index in [9.17, 15) is 8.42 Å². The van der Waals surface area contributed by atoms with Crippen LogP contribution in [0.1, 0.15) is 31.3 Å². The molecule has 0 aromatic carbocycles. The van der Waals surface area contributed by atoms with E-state index in [2.05, 4.69) is 9.71 Å². The average Bonchev–Trinajstić information content (AvgIpc) is 2.94. The van der Waals surface area contributed by atoms with Crippen LogP contribution in [0, 0.1) is 6.92 Å². The molecule has 7 heteroatoms. The lowest BCUT2D eigenvalue weighted by molar-refractivity contribution is 0.550. The number of nitrogens with zero attached hydrogens (tertiary/aromatic N) is 2. The highest BCUT2D eigenvalue weighted by atomic mass is 32.2. The Balaban J connectivity index is 2.12. The summed E-state index contributed by atoms with van der Waals surface area (Å²) in [6.07, 6.45) is 3.53. The van der Waals surface area contributed by atoms with E-state index in [1.54, 1.807) is 12.3 Å². The molecule has 0 bridgehead atoms. The average molecular weight is 299 g/mol. The number of sulfonamides is 1. The standard InChI is InChI=1S/C12H17N3O2S2/c1-9(2)15-5-4-13-11(15)7-14-19(16,17)12-6-10(3)8-18-12/h4-6,8-9,14H,7H2,1-3H3. The SMILES string of the molecule is Cc1csc(S(=O)(=O)NCc2nccn2C(C)C)c1. The van der Waals surface area contributed by atoms with Crippen LogP contribution in [0.25, 0.3) is 0 Å². The molecule has 2 rings (SSSR count). The molecule has 0 aliphatic heterocycles. The molecular formula is C12H17N3O2S2. The molecule has 2 aromatic heterocycles. The van der Waals surface area contributed by atoms with E-state index in [0.717, 1.165) is 5.56 Å². The van der Waals surface area contributed by atoms with Crippen molar-refractivity contribution in [3.63, 3.8) is 0 Å². The zero-order valence-corrected chi connectivity index (χ0v) is 12.8. The van der Waals surface area contributed by atoms with Crippen molar-refractivity contribution in [1.29, 1.82) is 0 Å². The molecule has 0 amide bonds. The molecule has 2 aromatic rings. The van der Waals surface area contributed by atoms with E-state index in [1.807, 2.05) is 36.9 Å². The molecule has 104 valence electrons. The quantitative estimate of drug-likeness (QED) is 0.921. The topological polar surface area (TPSA) is 64.0 Å². The fraction of sp³-hybridized carbons (Fsp3) is 0.417. The van der Waals surface area contributed by atoms with Crippen LogP contribution < -0.4 is 4.72 Å². The van der Waals surface area contributed by atoms with Gasteiger partial charge in [0, 0.05) is 18.4 Å². The van der Waals surface area contributed by atoms with Crippen LogP contribution in [-0.4, -0.2) is 18.0 Å². The molecule has 0 spiro atoms. The first-order valence-electron chi connectivity index (χ1n) is 5.96. The molecule has 2 heterocycles. The van der Waals surface area contributed by atoms with Gasteiger partial charge in [-0.25, -0.2) is 18.1 Å². The highest BCUT2D eigenvalue weighted by Gasteiger charge is 2.17. The number of hydrogen-bond donors (Lipinski definition) is 1. The highest BCUT2D eigenvalue weighted by molar-refractivity contribution is 7.91. The molecule has 0 aliphatic carbocycles. The van der Waals surface area contributed by atoms with E-state index < -0.39 is 10.0 Å². The number of aromatic nitrogens is 2. The zero-order chi connectivity index (χ0) is 14.0. The van der Waals surface area contributed by atoms with Crippen molar-refractivity contribution >= 4 is 21.4 Å². The second-order valence-electron chi connectivity index (χ2n) is 4.61. The number of aryl methyl sites for hydroxylation is 1. The monoisotopic (exact) mass is 299 g/mol. The van der Waals surface area contributed by atoms with Gasteiger partial charge in [0.1, 0.15) is 10.0 Å². The Morgan fingerprint density at radius 3 is 2.79 bits per heavy atom. The summed E-state index contributed by atoms with van der Waals surface area (Å²) in [6, 6.07) is 1.92. The number of rotatable bonds is 5. The van der Waals surface area contributed by atoms with Crippen molar-refractivity contribution in [2.24, 2.45) is 0 Å². The van der Waals surface area contributed by atoms with Crippen LogP contribution in [-0.2, 0) is 16.6 Å². The fourth-order valence-corrected chi connectivity index (χ4v) is 3.98. The fourth-order valence-electron chi connectivity index (χ4n) is 1.73. The summed E-state index contributed by atoms with van der Waals surface area (Å²) in [5.74, 6) is 0.715. The summed E-state index contributed by atoms with van der Waals surface area (Å²) >= 11 is 1.23. The first-order chi connectivity index (χ1) is 8.90. The summed E-state index contributed by atoms with van der Waals surface area (Å²) in [7, 11) is -3.44. The van der Waals surface area contributed by atoms with E-state index >= 15 is 0 Å². The molecule has 0 aliphatic rings. The van der Waals surface area contributed by atoms with Gasteiger partial charge in [-0.3, -0.25) is 0 Å². The van der Waals surface area contributed by atoms with Crippen LogP contribution in [0.4, 0.5) is 0 Å². The summed E-state index contributed by atoms with van der Waals surface area (Å²) < 4.78 is 29.0. The van der Waals surface area contributed by atoms with Gasteiger partial charge < -0.3 is 4.57 Å². The molecule has 0 atom stereocenters. The van der Waals surface area contributed by atoms with Crippen molar-refractivity contribution in [1.82, 2.24) is 14.3 Å². The molecule has 19 heavy (non-hydrogen) atoms. The van der Waals surface area contributed by atoms with Gasteiger partial charge in [0.15, 0.2) is 0 Å². The van der Waals surface area contributed by atoms with Gasteiger partial charge in [-0.2, -0.15) is 0 Å². The molecule has 0 unspecified atom stereocenters. The van der Waals surface area contributed by atoms with E-state index in [1.165, 1.54) is 11.3 Å². The number of hydrogen-bond acceptors (Lipinski definition) is 4. The first kappa shape index (κ1) is 14.2. The predicted molar refractivity (Wildman–Crippen MR) is 75.7 cm³/mol. The normalized spacial score (nSPS) is 12.2. The maximum absolute atomic E-state index is 12.1. The lowest BCUT2D eigenvalue weighted by atomic mass is 10.4. The Hall–Kier alpha value is -1.18. The number of thiophene rings is 1. The zero-order valence-electron chi connectivity index (χ0n) is 11.1. The Morgan fingerprint density at radius 2 is 2.21 bits per heavy atom. The Bertz CT molecular complexity index is 656. The molecule has 0 radical (unpaired) electrons. The summed E-state index contributed by atoms with van der Waals surface area (Å²) in [5.41, 5.74) is 0.953. The maximum atomic E-state index is 12.1. The second-order valence-corrected chi connectivity index (χ2v) is 7.52. The first-order valence-corrected chi connectivity index (χ1v) is 8.33. The van der Waals surface area contributed by atoms with Gasteiger partial charge in [-0.05, 0) is 37.8 Å². The molecule has 0 saturated carbocycles. The van der Waals surface area contributed by atoms with Crippen LogP contribution in [0.3, 0.4) is 0 Å². The molecule has 1 N–H and O–H groups in total. The van der Waals surface area contributed by atoms with Crippen molar-refractivity contribution in [3.05, 3.63) is 35.2 Å². The Labute approximate surface area is 117 Å². The van der Waals surface area contributed by atoms with Gasteiger partial charge in [0.05, 0.1) is 6.54 Å². The molecule has 5 nitrogen and oxygen atoms in total. The summed E-state index contributed by atoms with van der Waals surface area (Å²) in [6.45, 7) is 6.13. The van der Waals surface area contributed by atoms with Gasteiger partial charge in [0.2, 0.25) is 10.0 Å². The lowest BCUT2D eigenvalue weighted by Crippen LogP contribution is -2.24. The lowest BCUT2D eigenvalue weighted by Gasteiger charge is -2.11. The minimum Gasteiger partial charge on any atom is -0.331 e. The Morgan fingerprint density at radius 1 is 1.47 bits per heavy atom. The third kappa shape index (κ3) is 3.23. The highest BCUT2D eigenvalue weighted by Crippen LogP contribution is 2.19. The van der Waals surface area contributed by atoms with Crippen LogP contribution >= 0.6 is 11.3 Å². The van der Waals surface area contributed by atoms with Crippen molar-refractivity contribution in [2.45, 2.75) is 37.6 Å². The predicted octanol–water partition coefficient (Wildman–Crippen LogP) is 2.31. The second kappa shape index (κ2) is 5.44. The van der Waals surface area contributed by atoms with Crippen LogP contribution in [0.15, 0.2) is 28.0 Å². The van der Waals surface area contributed by atoms with Gasteiger partial charge in [0.25, 0.3) is 0 Å². The minimum absolute atomic E-state index is 0.199. The van der Waals surface area contributed by atoms with Gasteiger partial charge in [-0.15, -0.1) is 11.3 Å². The Kier molecular flexibility index (Phi) is 4.07. The third-order valence-corrected chi connectivity index (χ3v) is 5.66. The smallest absolute Gasteiger partial charge is 0.250 e. The van der Waals surface area contributed by atoms with Crippen LogP contribution in [0.5, 0.6) is 0 Å². The number of imidazole rings is 1. The van der Waals surface area contributed by atoms with Crippen LogP contribution in [0.2, 0.25) is 0 Å². The van der Waals surface area contributed by atoms with Gasteiger partial charge >= 0.3 is 0 Å². The van der Waals surface area contributed by atoms with Crippen molar-refractivity contribution in [3.8, 4) is 0 Å². The minimum atomic E-state index is -3.44.